The van der Waals surface area contributed by atoms with Crippen LogP contribution >= 0.6 is 0 Å². The molecule has 2 aromatic heterocycles. The van der Waals surface area contributed by atoms with Crippen LogP contribution in [0.4, 0.5) is 9.57 Å². The smallest absolute Gasteiger partial charge is 0.333 e. The fraction of sp³-hybridized carbons (Fsp3) is 0.158. The maximum Gasteiger partial charge on any atom is 0.333 e. The normalized spacial score (nSPS) is 13.8. The molecule has 0 fully saturated rings. The van der Waals surface area contributed by atoms with E-state index in [1.165, 1.54) is 6.26 Å². The average Bonchev–Trinajstić information content (AvgIpc) is 3.36. The number of rotatable bonds is 4. The maximum absolute atomic E-state index is 13.0. The second kappa shape index (κ2) is 7.67. The predicted octanol–water partition coefficient (Wildman–Crippen LogP) is 2.55. The number of nitrogens with one attached hydrogen (secondary N) is 2. The molecule has 0 saturated carbocycles. The van der Waals surface area contributed by atoms with Gasteiger partial charge in [0.05, 0.1) is 12.8 Å². The number of benzene rings is 1. The number of H-pyrrole nitrogens is 1. The van der Waals surface area contributed by atoms with Crippen LogP contribution in [-0.2, 0) is 16.8 Å². The summed E-state index contributed by atoms with van der Waals surface area (Å²) in [7, 11) is -4.90. The van der Waals surface area contributed by atoms with Crippen LogP contribution in [0.15, 0.2) is 58.2 Å². The standard InChI is InChI=1S/C19H16FN3O6S/c20-30(26,27)14-9-15(21-10-14)18(24)22-13-4-3-12-11-23(5-7-29-17(12)8-13)19(25)16-2-1-6-28-16/h1-4,6,8-10,21H,5,7,11H2,(H,22,24). The summed E-state index contributed by atoms with van der Waals surface area (Å²) in [5.74, 6) is -0.156. The molecule has 0 unspecified atom stereocenters. The number of ether oxygens (including phenoxy) is 1. The minimum Gasteiger partial charge on any atom is -0.491 e. The summed E-state index contributed by atoms with van der Waals surface area (Å²) in [4.78, 5) is 28.2. The number of halogens is 1. The molecule has 1 aliphatic rings. The summed E-state index contributed by atoms with van der Waals surface area (Å²) < 4.78 is 45.7. The number of carbonyl (C=O) groups is 2. The number of nitrogens with zero attached hydrogens (tertiary/aromatic N) is 1. The highest BCUT2D eigenvalue weighted by Crippen LogP contribution is 2.28. The van der Waals surface area contributed by atoms with E-state index in [1.54, 1.807) is 35.2 Å². The lowest BCUT2D eigenvalue weighted by atomic mass is 10.1. The Balaban J connectivity index is 1.49. The van der Waals surface area contributed by atoms with Gasteiger partial charge >= 0.3 is 10.2 Å². The molecule has 0 radical (unpaired) electrons. The van der Waals surface area contributed by atoms with Crippen LogP contribution in [0.5, 0.6) is 5.75 Å². The van der Waals surface area contributed by atoms with Gasteiger partial charge in [0.15, 0.2) is 5.76 Å². The number of aromatic nitrogens is 1. The lowest BCUT2D eigenvalue weighted by Gasteiger charge is -2.18. The highest BCUT2D eigenvalue weighted by atomic mass is 32.3. The second-order valence-electron chi connectivity index (χ2n) is 6.52. The van der Waals surface area contributed by atoms with E-state index in [4.69, 9.17) is 9.15 Å². The molecule has 3 heterocycles. The lowest BCUT2D eigenvalue weighted by molar-refractivity contribution is 0.0701. The fourth-order valence-corrected chi connectivity index (χ4v) is 3.48. The number of fused-ring (bicyclic) bond motifs is 1. The number of hydrogen-bond donors (Lipinski definition) is 2. The van der Waals surface area contributed by atoms with E-state index in [-0.39, 0.29) is 24.0 Å². The third kappa shape index (κ3) is 4.06. The SMILES string of the molecule is O=C(Nc1ccc2c(c1)OCCN(C(=O)c1ccco1)C2)c1cc(S(=O)(=O)F)c[nH]1. The number of hydrogen-bond acceptors (Lipinski definition) is 6. The molecule has 1 aliphatic heterocycles. The van der Waals surface area contributed by atoms with Crippen LogP contribution in [0.25, 0.3) is 0 Å². The Morgan fingerprint density at radius 2 is 2.03 bits per heavy atom. The Hall–Kier alpha value is -3.60. The van der Waals surface area contributed by atoms with E-state index < -0.39 is 21.0 Å². The van der Waals surface area contributed by atoms with Crippen LogP contribution in [-0.4, -0.2) is 43.3 Å². The third-order valence-corrected chi connectivity index (χ3v) is 5.31. The Bertz CT molecular complexity index is 1200. The molecule has 0 aliphatic carbocycles. The molecular weight excluding hydrogens is 417 g/mol. The third-order valence-electron chi connectivity index (χ3n) is 4.51. The summed E-state index contributed by atoms with van der Waals surface area (Å²) in [6, 6.07) is 9.07. The molecule has 4 rings (SSSR count). The average molecular weight is 433 g/mol. The Kier molecular flexibility index (Phi) is 5.04. The van der Waals surface area contributed by atoms with Crippen LogP contribution < -0.4 is 10.1 Å². The van der Waals surface area contributed by atoms with Crippen molar-refractivity contribution >= 4 is 27.7 Å². The number of furan rings is 1. The van der Waals surface area contributed by atoms with Crippen molar-refractivity contribution in [2.75, 3.05) is 18.5 Å². The first-order valence-electron chi connectivity index (χ1n) is 8.84. The Labute approximate surface area is 170 Å². The van der Waals surface area contributed by atoms with Gasteiger partial charge in [-0.15, -0.1) is 3.89 Å². The van der Waals surface area contributed by atoms with E-state index in [0.29, 0.717) is 24.5 Å². The quantitative estimate of drug-likeness (QED) is 0.610. The van der Waals surface area contributed by atoms with Crippen LogP contribution in [0, 0.1) is 0 Å². The molecule has 2 N–H and O–H groups in total. The van der Waals surface area contributed by atoms with Gasteiger partial charge in [0.2, 0.25) is 0 Å². The molecule has 11 heteroatoms. The molecule has 0 saturated heterocycles. The first kappa shape index (κ1) is 19.7. The molecule has 3 aromatic rings. The van der Waals surface area contributed by atoms with Crippen LogP contribution in [0.1, 0.15) is 26.6 Å². The Morgan fingerprint density at radius 3 is 2.73 bits per heavy atom. The first-order chi connectivity index (χ1) is 14.3. The molecule has 0 bridgehead atoms. The van der Waals surface area contributed by atoms with Crippen molar-refractivity contribution < 1.29 is 31.0 Å². The minimum atomic E-state index is -4.90. The van der Waals surface area contributed by atoms with Gasteiger partial charge in [0.1, 0.15) is 22.9 Å². The van der Waals surface area contributed by atoms with Gasteiger partial charge in [0, 0.05) is 30.1 Å². The predicted molar refractivity (Wildman–Crippen MR) is 102 cm³/mol. The molecular formula is C19H16FN3O6S. The number of aromatic amines is 1. The minimum absolute atomic E-state index is 0.114. The summed E-state index contributed by atoms with van der Waals surface area (Å²) in [6.45, 7) is 0.918. The van der Waals surface area contributed by atoms with Gasteiger partial charge < -0.3 is 24.4 Å². The van der Waals surface area contributed by atoms with E-state index in [0.717, 1.165) is 17.8 Å². The van der Waals surface area contributed by atoms with Gasteiger partial charge in [-0.2, -0.15) is 8.42 Å². The zero-order valence-corrected chi connectivity index (χ0v) is 16.2. The zero-order chi connectivity index (χ0) is 21.3. The zero-order valence-electron chi connectivity index (χ0n) is 15.4. The van der Waals surface area contributed by atoms with E-state index in [1.807, 2.05) is 0 Å². The number of carbonyl (C=O) groups excluding carboxylic acids is 2. The highest BCUT2D eigenvalue weighted by molar-refractivity contribution is 7.86. The summed E-state index contributed by atoms with van der Waals surface area (Å²) in [5.41, 5.74) is 1.03. The maximum atomic E-state index is 13.0. The van der Waals surface area contributed by atoms with Crippen LogP contribution in [0.3, 0.4) is 0 Å². The van der Waals surface area contributed by atoms with Gasteiger partial charge in [-0.25, -0.2) is 0 Å². The van der Waals surface area contributed by atoms with E-state index in [9.17, 15) is 21.9 Å². The monoisotopic (exact) mass is 433 g/mol. The van der Waals surface area contributed by atoms with E-state index in [2.05, 4.69) is 10.3 Å². The fourth-order valence-electron chi connectivity index (χ4n) is 3.02. The van der Waals surface area contributed by atoms with Gasteiger partial charge in [-0.1, -0.05) is 6.07 Å². The number of anilines is 1. The molecule has 9 nitrogen and oxygen atoms in total. The summed E-state index contributed by atoms with van der Waals surface area (Å²) in [5, 5.41) is 2.59. The molecule has 156 valence electrons. The first-order valence-corrected chi connectivity index (χ1v) is 10.2. The summed E-state index contributed by atoms with van der Waals surface area (Å²) >= 11 is 0. The van der Waals surface area contributed by atoms with Crippen molar-refractivity contribution in [2.24, 2.45) is 0 Å². The molecule has 1 aromatic carbocycles. The van der Waals surface area contributed by atoms with Gasteiger partial charge in [-0.05, 0) is 24.3 Å². The van der Waals surface area contributed by atoms with Crippen molar-refractivity contribution in [3.63, 3.8) is 0 Å². The molecule has 0 atom stereocenters. The van der Waals surface area contributed by atoms with Gasteiger partial charge in [-0.3, -0.25) is 9.59 Å². The molecule has 0 spiro atoms. The lowest BCUT2D eigenvalue weighted by Crippen LogP contribution is -2.32. The largest absolute Gasteiger partial charge is 0.491 e. The molecule has 30 heavy (non-hydrogen) atoms. The van der Waals surface area contributed by atoms with Gasteiger partial charge in [0.25, 0.3) is 11.8 Å². The van der Waals surface area contributed by atoms with Crippen molar-refractivity contribution in [3.8, 4) is 5.75 Å². The molecule has 2 amide bonds. The van der Waals surface area contributed by atoms with Crippen molar-refractivity contribution in [3.05, 3.63) is 65.9 Å². The number of amides is 2. The van der Waals surface area contributed by atoms with Crippen molar-refractivity contribution in [1.82, 2.24) is 9.88 Å². The Morgan fingerprint density at radius 1 is 1.20 bits per heavy atom. The van der Waals surface area contributed by atoms with Crippen LogP contribution in [0.2, 0.25) is 0 Å². The van der Waals surface area contributed by atoms with Crippen molar-refractivity contribution in [1.29, 1.82) is 0 Å². The second-order valence-corrected chi connectivity index (χ2v) is 7.86. The topological polar surface area (TPSA) is 122 Å². The highest BCUT2D eigenvalue weighted by Gasteiger charge is 2.23. The summed E-state index contributed by atoms with van der Waals surface area (Å²) in [6.07, 6.45) is 2.33. The van der Waals surface area contributed by atoms with E-state index >= 15 is 0 Å². The van der Waals surface area contributed by atoms with Crippen molar-refractivity contribution in [2.45, 2.75) is 11.4 Å².